The van der Waals surface area contributed by atoms with Crippen LogP contribution in [-0.2, 0) is 0 Å². The van der Waals surface area contributed by atoms with Gasteiger partial charge < -0.3 is 15.2 Å². The van der Waals surface area contributed by atoms with E-state index in [1.54, 1.807) is 6.07 Å². The number of nitrogens with two attached hydrogens (primary N) is 1. The molecule has 3 heterocycles. The Morgan fingerprint density at radius 3 is 2.94 bits per heavy atom. The summed E-state index contributed by atoms with van der Waals surface area (Å²) in [5.41, 5.74) is 7.43. The van der Waals surface area contributed by atoms with Gasteiger partial charge in [0.05, 0.1) is 0 Å². The smallest absolute Gasteiger partial charge is 0.183 e. The highest BCUT2D eigenvalue weighted by molar-refractivity contribution is 5.83. The minimum Gasteiger partial charge on any atom is -0.382 e. The molecule has 0 amide bonds. The SMILES string of the molecule is Cc1cc(-c2nc3ncnc(N)c3[nH]2)no1. The van der Waals surface area contributed by atoms with Gasteiger partial charge in [0.1, 0.15) is 23.3 Å². The minimum absolute atomic E-state index is 0.365. The Kier molecular flexibility index (Phi) is 1.67. The average Bonchev–Trinajstić information content (AvgIpc) is 2.84. The monoisotopic (exact) mass is 216 g/mol. The van der Waals surface area contributed by atoms with Gasteiger partial charge in [-0.25, -0.2) is 15.0 Å². The summed E-state index contributed by atoms with van der Waals surface area (Å²) < 4.78 is 4.97. The van der Waals surface area contributed by atoms with E-state index in [0.717, 1.165) is 5.76 Å². The summed E-state index contributed by atoms with van der Waals surface area (Å²) in [6.07, 6.45) is 1.37. The number of hydrogen-bond acceptors (Lipinski definition) is 6. The van der Waals surface area contributed by atoms with E-state index in [-0.39, 0.29) is 0 Å². The molecular weight excluding hydrogens is 208 g/mol. The Morgan fingerprint density at radius 1 is 1.38 bits per heavy atom. The maximum Gasteiger partial charge on any atom is 0.183 e. The normalized spacial score (nSPS) is 11.1. The molecule has 0 saturated heterocycles. The first kappa shape index (κ1) is 8.84. The summed E-state index contributed by atoms with van der Waals surface area (Å²) in [7, 11) is 0. The van der Waals surface area contributed by atoms with Gasteiger partial charge in [-0.05, 0) is 6.92 Å². The lowest BCUT2D eigenvalue weighted by atomic mass is 10.4. The van der Waals surface area contributed by atoms with Crippen molar-refractivity contribution in [2.24, 2.45) is 0 Å². The van der Waals surface area contributed by atoms with E-state index in [1.165, 1.54) is 6.33 Å². The van der Waals surface area contributed by atoms with E-state index >= 15 is 0 Å². The largest absolute Gasteiger partial charge is 0.382 e. The molecule has 0 fully saturated rings. The number of aromatic amines is 1. The van der Waals surface area contributed by atoms with Gasteiger partial charge in [0.15, 0.2) is 17.3 Å². The van der Waals surface area contributed by atoms with Crippen molar-refractivity contribution in [3.8, 4) is 11.5 Å². The summed E-state index contributed by atoms with van der Waals surface area (Å²) in [6.45, 7) is 1.81. The number of nitrogens with one attached hydrogen (secondary N) is 1. The van der Waals surface area contributed by atoms with E-state index in [0.29, 0.717) is 28.5 Å². The number of aromatic nitrogens is 5. The number of rotatable bonds is 1. The maximum absolute atomic E-state index is 5.69. The number of nitrogen functional groups attached to an aromatic ring is 1. The first-order valence-electron chi connectivity index (χ1n) is 4.64. The van der Waals surface area contributed by atoms with Gasteiger partial charge in [-0.1, -0.05) is 5.16 Å². The molecule has 0 radical (unpaired) electrons. The molecule has 80 valence electrons. The fraction of sp³-hybridized carbons (Fsp3) is 0.111. The Bertz CT molecular complexity index is 655. The fourth-order valence-electron chi connectivity index (χ4n) is 1.45. The van der Waals surface area contributed by atoms with Crippen LogP contribution in [0.1, 0.15) is 5.76 Å². The maximum atomic E-state index is 5.69. The van der Waals surface area contributed by atoms with Crippen molar-refractivity contribution < 1.29 is 4.52 Å². The van der Waals surface area contributed by atoms with Crippen molar-refractivity contribution in [3.63, 3.8) is 0 Å². The van der Waals surface area contributed by atoms with Crippen LogP contribution < -0.4 is 5.73 Å². The Labute approximate surface area is 89.7 Å². The average molecular weight is 216 g/mol. The van der Waals surface area contributed by atoms with Gasteiger partial charge in [0.2, 0.25) is 0 Å². The second-order valence-corrected chi connectivity index (χ2v) is 3.37. The predicted octanol–water partition coefficient (Wildman–Crippen LogP) is 0.899. The molecule has 7 heteroatoms. The van der Waals surface area contributed by atoms with E-state index in [2.05, 4.69) is 25.1 Å². The first-order valence-corrected chi connectivity index (χ1v) is 4.64. The molecule has 0 bridgehead atoms. The second kappa shape index (κ2) is 3.02. The zero-order valence-corrected chi connectivity index (χ0v) is 8.43. The van der Waals surface area contributed by atoms with Gasteiger partial charge >= 0.3 is 0 Å². The number of hydrogen-bond donors (Lipinski definition) is 2. The van der Waals surface area contributed by atoms with Crippen LogP contribution in [-0.4, -0.2) is 25.1 Å². The molecule has 3 rings (SSSR count). The molecular formula is C9H8N6O. The molecule has 0 aromatic carbocycles. The van der Waals surface area contributed by atoms with Crippen LogP contribution in [0.5, 0.6) is 0 Å². The lowest BCUT2D eigenvalue weighted by Gasteiger charge is -1.89. The molecule has 3 N–H and O–H groups in total. The van der Waals surface area contributed by atoms with Gasteiger partial charge in [-0.15, -0.1) is 0 Å². The Hall–Kier alpha value is -2.44. The quantitative estimate of drug-likeness (QED) is 0.625. The third-order valence-electron chi connectivity index (χ3n) is 2.19. The first-order chi connectivity index (χ1) is 7.74. The van der Waals surface area contributed by atoms with E-state index in [1.807, 2.05) is 6.92 Å². The zero-order chi connectivity index (χ0) is 11.1. The summed E-state index contributed by atoms with van der Waals surface area (Å²) in [5, 5.41) is 3.85. The number of fused-ring (bicyclic) bond motifs is 1. The summed E-state index contributed by atoms with van der Waals surface area (Å²) in [6, 6.07) is 1.78. The van der Waals surface area contributed by atoms with Crippen LogP contribution in [0, 0.1) is 6.92 Å². The van der Waals surface area contributed by atoms with Gasteiger partial charge in [-0.3, -0.25) is 0 Å². The summed E-state index contributed by atoms with van der Waals surface area (Å²) >= 11 is 0. The van der Waals surface area contributed by atoms with Gasteiger partial charge in [0, 0.05) is 6.07 Å². The molecule has 0 spiro atoms. The summed E-state index contributed by atoms with van der Waals surface area (Å²) in [4.78, 5) is 15.1. The van der Waals surface area contributed by atoms with Crippen LogP contribution in [0.25, 0.3) is 22.7 Å². The van der Waals surface area contributed by atoms with E-state index in [9.17, 15) is 0 Å². The third-order valence-corrected chi connectivity index (χ3v) is 2.19. The number of anilines is 1. The molecule has 3 aromatic rings. The lowest BCUT2D eigenvalue weighted by Crippen LogP contribution is -1.91. The van der Waals surface area contributed by atoms with Crippen LogP contribution in [0.15, 0.2) is 16.9 Å². The van der Waals surface area contributed by atoms with Crippen molar-refractivity contribution in [2.75, 3.05) is 5.73 Å². The molecule has 0 aliphatic rings. The lowest BCUT2D eigenvalue weighted by molar-refractivity contribution is 0.399. The molecule has 0 unspecified atom stereocenters. The molecule has 0 aliphatic carbocycles. The number of imidazole rings is 1. The summed E-state index contributed by atoms with van der Waals surface area (Å²) in [5.74, 6) is 1.65. The molecule has 0 saturated carbocycles. The predicted molar refractivity (Wildman–Crippen MR) is 56.3 cm³/mol. The van der Waals surface area contributed by atoms with Crippen molar-refractivity contribution in [2.45, 2.75) is 6.92 Å². The zero-order valence-electron chi connectivity index (χ0n) is 8.43. The second-order valence-electron chi connectivity index (χ2n) is 3.37. The minimum atomic E-state index is 0.365. The molecule has 0 aliphatic heterocycles. The highest BCUT2D eigenvalue weighted by Crippen LogP contribution is 2.20. The van der Waals surface area contributed by atoms with Gasteiger partial charge in [0.25, 0.3) is 0 Å². The standard InChI is InChI=1S/C9H8N6O/c1-4-2-5(15-16-4)8-13-6-7(10)11-3-12-9(6)14-8/h2-3H,1H3,(H3,10,11,12,13,14). The number of H-pyrrole nitrogens is 1. The van der Waals surface area contributed by atoms with Crippen molar-refractivity contribution in [3.05, 3.63) is 18.2 Å². The van der Waals surface area contributed by atoms with Crippen molar-refractivity contribution >= 4 is 17.0 Å². The highest BCUT2D eigenvalue weighted by Gasteiger charge is 2.11. The molecule has 3 aromatic heterocycles. The molecule has 0 atom stereocenters. The Morgan fingerprint density at radius 2 is 2.25 bits per heavy atom. The van der Waals surface area contributed by atoms with Crippen molar-refractivity contribution in [1.29, 1.82) is 0 Å². The van der Waals surface area contributed by atoms with Gasteiger partial charge in [-0.2, -0.15) is 0 Å². The van der Waals surface area contributed by atoms with Crippen LogP contribution in [0.2, 0.25) is 0 Å². The van der Waals surface area contributed by atoms with E-state index < -0.39 is 0 Å². The third kappa shape index (κ3) is 1.22. The topological polar surface area (TPSA) is 107 Å². The molecule has 7 nitrogen and oxygen atoms in total. The fourth-order valence-corrected chi connectivity index (χ4v) is 1.45. The van der Waals surface area contributed by atoms with E-state index in [4.69, 9.17) is 10.3 Å². The van der Waals surface area contributed by atoms with Crippen LogP contribution in [0.4, 0.5) is 5.82 Å². The molecule has 16 heavy (non-hydrogen) atoms. The number of nitrogens with zero attached hydrogens (tertiary/aromatic N) is 4. The number of aryl methyl sites for hydroxylation is 1. The van der Waals surface area contributed by atoms with Crippen LogP contribution >= 0.6 is 0 Å². The highest BCUT2D eigenvalue weighted by atomic mass is 16.5. The van der Waals surface area contributed by atoms with Crippen molar-refractivity contribution in [1.82, 2.24) is 25.1 Å². The van der Waals surface area contributed by atoms with Crippen LogP contribution in [0.3, 0.4) is 0 Å². The Balaban J connectivity index is 2.22.